The first-order valence-electron chi connectivity index (χ1n) is 8.68. The van der Waals surface area contributed by atoms with Crippen molar-refractivity contribution in [2.24, 2.45) is 0 Å². The van der Waals surface area contributed by atoms with Crippen LogP contribution in [0.2, 0.25) is 0 Å². The molecule has 4 rings (SSSR count). The standard InChI is InChI=1S/C19H20N4OS2/c1-13(14-6-3-2-4-7-14)20-17(24)12-26-19-22-21-18(16-8-5-11-25-16)23(19)15-9-10-15/h2-8,11,13,15H,9-10,12H2,1H3,(H,20,24). The number of aromatic nitrogens is 3. The molecule has 0 saturated heterocycles. The van der Waals surface area contributed by atoms with Gasteiger partial charge in [-0.1, -0.05) is 48.2 Å². The zero-order valence-corrected chi connectivity index (χ0v) is 16.1. The van der Waals surface area contributed by atoms with Gasteiger partial charge in [-0.05, 0) is 36.8 Å². The van der Waals surface area contributed by atoms with Crippen molar-refractivity contribution in [2.45, 2.75) is 37.0 Å². The van der Waals surface area contributed by atoms with E-state index in [4.69, 9.17) is 0 Å². The van der Waals surface area contributed by atoms with E-state index in [1.807, 2.05) is 48.7 Å². The monoisotopic (exact) mass is 384 g/mol. The fourth-order valence-electron chi connectivity index (χ4n) is 2.85. The second-order valence-corrected chi connectivity index (χ2v) is 8.26. The van der Waals surface area contributed by atoms with Gasteiger partial charge in [0.2, 0.25) is 5.91 Å². The van der Waals surface area contributed by atoms with Crippen LogP contribution < -0.4 is 5.32 Å². The van der Waals surface area contributed by atoms with Crippen molar-refractivity contribution >= 4 is 29.0 Å². The molecule has 0 bridgehead atoms. The maximum absolute atomic E-state index is 12.3. The number of thiophene rings is 1. The number of nitrogens with zero attached hydrogens (tertiary/aromatic N) is 3. The van der Waals surface area contributed by atoms with Crippen LogP contribution in [0.5, 0.6) is 0 Å². The average Bonchev–Trinajstić information content (AvgIpc) is 3.18. The van der Waals surface area contributed by atoms with Gasteiger partial charge in [0.15, 0.2) is 11.0 Å². The Balaban J connectivity index is 1.41. The Morgan fingerprint density at radius 3 is 2.77 bits per heavy atom. The lowest BCUT2D eigenvalue weighted by Gasteiger charge is -2.14. The molecule has 7 heteroatoms. The van der Waals surface area contributed by atoms with Gasteiger partial charge in [0, 0.05) is 6.04 Å². The number of benzene rings is 1. The molecule has 3 aromatic rings. The summed E-state index contributed by atoms with van der Waals surface area (Å²) in [6, 6.07) is 14.5. The molecule has 2 heterocycles. The Bertz CT molecular complexity index is 872. The molecule has 1 aliphatic rings. The van der Waals surface area contributed by atoms with Crippen LogP contribution in [0.3, 0.4) is 0 Å². The van der Waals surface area contributed by atoms with Crippen LogP contribution in [0, 0.1) is 0 Å². The minimum absolute atomic E-state index is 0.00715. The molecule has 1 N–H and O–H groups in total. The maximum Gasteiger partial charge on any atom is 0.230 e. The van der Waals surface area contributed by atoms with Crippen LogP contribution >= 0.6 is 23.1 Å². The van der Waals surface area contributed by atoms with Crippen LogP contribution in [0.1, 0.15) is 37.4 Å². The molecule has 2 aromatic heterocycles. The largest absolute Gasteiger partial charge is 0.349 e. The normalized spacial score (nSPS) is 15.0. The van der Waals surface area contributed by atoms with Gasteiger partial charge in [-0.3, -0.25) is 9.36 Å². The van der Waals surface area contributed by atoms with Gasteiger partial charge in [-0.2, -0.15) is 0 Å². The lowest BCUT2D eigenvalue weighted by Crippen LogP contribution is -2.28. The first-order valence-corrected chi connectivity index (χ1v) is 10.5. The lowest BCUT2D eigenvalue weighted by molar-refractivity contribution is -0.119. The second-order valence-electron chi connectivity index (χ2n) is 6.37. The Hall–Kier alpha value is -2.12. The number of rotatable bonds is 7. The van der Waals surface area contributed by atoms with E-state index in [0.29, 0.717) is 11.8 Å². The average molecular weight is 385 g/mol. The van der Waals surface area contributed by atoms with Gasteiger partial charge >= 0.3 is 0 Å². The van der Waals surface area contributed by atoms with Crippen molar-refractivity contribution in [3.05, 3.63) is 53.4 Å². The summed E-state index contributed by atoms with van der Waals surface area (Å²) in [6.45, 7) is 2.00. The third-order valence-electron chi connectivity index (χ3n) is 4.33. The number of carbonyl (C=O) groups is 1. The highest BCUT2D eigenvalue weighted by atomic mass is 32.2. The number of nitrogens with one attached hydrogen (secondary N) is 1. The Morgan fingerprint density at radius 1 is 1.27 bits per heavy atom. The van der Waals surface area contributed by atoms with Crippen molar-refractivity contribution < 1.29 is 4.79 Å². The highest BCUT2D eigenvalue weighted by Gasteiger charge is 2.30. The van der Waals surface area contributed by atoms with Crippen molar-refractivity contribution in [3.8, 4) is 10.7 Å². The molecule has 1 atom stereocenters. The van der Waals surface area contributed by atoms with E-state index < -0.39 is 0 Å². The summed E-state index contributed by atoms with van der Waals surface area (Å²) < 4.78 is 2.20. The predicted octanol–water partition coefficient (Wildman–Crippen LogP) is 4.31. The number of amides is 1. The topological polar surface area (TPSA) is 59.8 Å². The first kappa shape index (κ1) is 17.3. The summed E-state index contributed by atoms with van der Waals surface area (Å²) in [5.41, 5.74) is 1.10. The Morgan fingerprint density at radius 2 is 2.08 bits per heavy atom. The molecular weight excluding hydrogens is 364 g/mol. The molecule has 5 nitrogen and oxygen atoms in total. The van der Waals surface area contributed by atoms with Gasteiger partial charge in [0.05, 0.1) is 16.7 Å². The van der Waals surface area contributed by atoms with E-state index >= 15 is 0 Å². The molecule has 134 valence electrons. The van der Waals surface area contributed by atoms with Gasteiger partial charge in [-0.25, -0.2) is 0 Å². The first-order chi connectivity index (χ1) is 12.7. The van der Waals surface area contributed by atoms with Crippen molar-refractivity contribution in [2.75, 3.05) is 5.75 Å². The number of carbonyl (C=O) groups excluding carboxylic acids is 1. The summed E-state index contributed by atoms with van der Waals surface area (Å²) >= 11 is 3.13. The summed E-state index contributed by atoms with van der Waals surface area (Å²) in [7, 11) is 0. The fourth-order valence-corrected chi connectivity index (χ4v) is 4.37. The van der Waals surface area contributed by atoms with Crippen LogP contribution in [0.4, 0.5) is 0 Å². The van der Waals surface area contributed by atoms with Crippen LogP contribution in [0.15, 0.2) is 53.0 Å². The van der Waals surface area contributed by atoms with E-state index in [9.17, 15) is 4.79 Å². The Kier molecular flexibility index (Phi) is 5.08. The van der Waals surface area contributed by atoms with Gasteiger partial charge in [0.1, 0.15) is 0 Å². The third-order valence-corrected chi connectivity index (χ3v) is 6.14. The molecule has 1 saturated carbocycles. The molecule has 1 fully saturated rings. The number of thioether (sulfide) groups is 1. The number of hydrogen-bond acceptors (Lipinski definition) is 5. The minimum Gasteiger partial charge on any atom is -0.349 e. The summed E-state index contributed by atoms with van der Waals surface area (Å²) in [6.07, 6.45) is 2.31. The molecule has 0 radical (unpaired) electrons. The zero-order chi connectivity index (χ0) is 17.9. The van der Waals surface area contributed by atoms with Crippen LogP contribution in [-0.4, -0.2) is 26.4 Å². The second kappa shape index (κ2) is 7.63. The predicted molar refractivity (Wildman–Crippen MR) is 105 cm³/mol. The smallest absolute Gasteiger partial charge is 0.230 e. The van der Waals surface area contributed by atoms with E-state index in [0.717, 1.165) is 34.3 Å². The molecule has 1 aromatic carbocycles. The fraction of sp³-hybridized carbons (Fsp3) is 0.316. The maximum atomic E-state index is 12.3. The van der Waals surface area contributed by atoms with Gasteiger partial charge in [-0.15, -0.1) is 21.5 Å². The van der Waals surface area contributed by atoms with Crippen molar-refractivity contribution in [1.82, 2.24) is 20.1 Å². The summed E-state index contributed by atoms with van der Waals surface area (Å²) in [5.74, 6) is 1.27. The minimum atomic E-state index is -0.00715. The van der Waals surface area contributed by atoms with Crippen molar-refractivity contribution in [3.63, 3.8) is 0 Å². The number of hydrogen-bond donors (Lipinski definition) is 1. The van der Waals surface area contributed by atoms with Gasteiger partial charge in [0.25, 0.3) is 0 Å². The molecule has 1 unspecified atom stereocenters. The van der Waals surface area contributed by atoms with Gasteiger partial charge < -0.3 is 5.32 Å². The van der Waals surface area contributed by atoms with Crippen molar-refractivity contribution in [1.29, 1.82) is 0 Å². The SMILES string of the molecule is CC(NC(=O)CSc1nnc(-c2cccs2)n1C1CC1)c1ccccc1. The van der Waals surface area contributed by atoms with E-state index in [2.05, 4.69) is 26.1 Å². The molecular formula is C19H20N4OS2. The van der Waals surface area contributed by atoms with Crippen LogP contribution in [-0.2, 0) is 4.79 Å². The third kappa shape index (κ3) is 3.83. The molecule has 1 aliphatic carbocycles. The molecule has 26 heavy (non-hydrogen) atoms. The van der Waals surface area contributed by atoms with E-state index in [-0.39, 0.29) is 11.9 Å². The molecule has 0 spiro atoms. The molecule has 0 aliphatic heterocycles. The van der Waals surface area contributed by atoms with E-state index in [1.165, 1.54) is 11.8 Å². The Labute approximate surface area is 160 Å². The summed E-state index contributed by atoms with van der Waals surface area (Å²) in [4.78, 5) is 13.5. The van der Waals surface area contributed by atoms with Crippen LogP contribution in [0.25, 0.3) is 10.7 Å². The quantitative estimate of drug-likeness (QED) is 0.617. The van der Waals surface area contributed by atoms with E-state index in [1.54, 1.807) is 11.3 Å². The lowest BCUT2D eigenvalue weighted by atomic mass is 10.1. The molecule has 1 amide bonds. The summed E-state index contributed by atoms with van der Waals surface area (Å²) in [5, 5.41) is 14.7. The highest BCUT2D eigenvalue weighted by Crippen LogP contribution is 2.41. The highest BCUT2D eigenvalue weighted by molar-refractivity contribution is 7.99. The zero-order valence-electron chi connectivity index (χ0n) is 14.5.